The molecule has 2 heterocycles. The maximum Gasteiger partial charge on any atom is 0.327 e. The maximum atomic E-state index is 13.2. The van der Waals surface area contributed by atoms with Gasteiger partial charge in [0.05, 0.1) is 10.9 Å². The molecule has 3 N–H and O–H groups in total. The van der Waals surface area contributed by atoms with E-state index in [2.05, 4.69) is 20.3 Å². The lowest BCUT2D eigenvalue weighted by Gasteiger charge is -2.42. The van der Waals surface area contributed by atoms with E-state index in [4.69, 9.17) is 0 Å². The molecule has 7 nitrogen and oxygen atoms in total. The van der Waals surface area contributed by atoms with Crippen LogP contribution in [0.15, 0.2) is 46.1 Å². The zero-order valence-corrected chi connectivity index (χ0v) is 14.3. The minimum absolute atomic E-state index is 0.127. The summed E-state index contributed by atoms with van der Waals surface area (Å²) in [6.07, 6.45) is 4.19. The van der Waals surface area contributed by atoms with Gasteiger partial charge >= 0.3 is 5.69 Å². The smallest absolute Gasteiger partial charge is 0.327 e. The molecule has 3 aromatic rings. The van der Waals surface area contributed by atoms with E-state index >= 15 is 0 Å². The van der Waals surface area contributed by atoms with Crippen molar-refractivity contribution >= 4 is 16.9 Å². The predicted octanol–water partition coefficient (Wildman–Crippen LogP) is 1.60. The van der Waals surface area contributed by atoms with Crippen molar-refractivity contribution < 1.29 is 9.18 Å². The molecule has 27 heavy (non-hydrogen) atoms. The summed E-state index contributed by atoms with van der Waals surface area (Å²) in [6, 6.07) is 7.77. The van der Waals surface area contributed by atoms with Gasteiger partial charge in [0.1, 0.15) is 11.5 Å². The number of aromatic amines is 2. The quantitative estimate of drug-likeness (QED) is 0.650. The lowest BCUT2D eigenvalue weighted by atomic mass is 9.64. The van der Waals surface area contributed by atoms with Crippen LogP contribution in [0.3, 0.4) is 0 Å². The Hall–Kier alpha value is -3.29. The molecule has 138 valence electrons. The highest BCUT2D eigenvalue weighted by Gasteiger charge is 2.38. The van der Waals surface area contributed by atoms with Crippen molar-refractivity contribution in [1.29, 1.82) is 0 Å². The fraction of sp³-hybridized carbons (Fsp3) is 0.263. The Balaban J connectivity index is 1.55. The Bertz CT molecular complexity index is 1130. The van der Waals surface area contributed by atoms with Gasteiger partial charge in [-0.05, 0) is 36.6 Å². The number of carbonyl (C=O) groups excluding carboxylic acids is 1. The van der Waals surface area contributed by atoms with Crippen molar-refractivity contribution in [2.24, 2.45) is 0 Å². The van der Waals surface area contributed by atoms with Crippen LogP contribution in [-0.2, 0) is 5.41 Å². The predicted molar refractivity (Wildman–Crippen MR) is 97.2 cm³/mol. The second kappa shape index (κ2) is 6.46. The summed E-state index contributed by atoms with van der Waals surface area (Å²) in [7, 11) is 0. The third-order valence-corrected chi connectivity index (χ3v) is 5.21. The SMILES string of the molecule is O=C(NCC1(c2ccc(F)cc2)CCC1)c1cnc2[nH]c(=O)[nH]c(=O)c2c1. The number of nitrogens with zero attached hydrogens (tertiary/aromatic N) is 1. The largest absolute Gasteiger partial charge is 0.351 e. The van der Waals surface area contributed by atoms with Gasteiger partial charge in [0, 0.05) is 18.2 Å². The van der Waals surface area contributed by atoms with Crippen molar-refractivity contribution in [3.63, 3.8) is 0 Å². The summed E-state index contributed by atoms with van der Waals surface area (Å²) >= 11 is 0. The molecule has 1 saturated carbocycles. The van der Waals surface area contributed by atoms with E-state index in [1.165, 1.54) is 24.4 Å². The number of hydrogen-bond donors (Lipinski definition) is 3. The summed E-state index contributed by atoms with van der Waals surface area (Å²) in [4.78, 5) is 44.2. The molecular formula is C19H17FN4O3. The van der Waals surface area contributed by atoms with E-state index in [9.17, 15) is 18.8 Å². The third-order valence-electron chi connectivity index (χ3n) is 5.21. The van der Waals surface area contributed by atoms with Gasteiger partial charge in [0.2, 0.25) is 0 Å². The lowest BCUT2D eigenvalue weighted by molar-refractivity contribution is 0.0927. The summed E-state index contributed by atoms with van der Waals surface area (Å²) in [5.74, 6) is -0.647. The highest BCUT2D eigenvalue weighted by molar-refractivity contribution is 5.96. The van der Waals surface area contributed by atoms with Crippen LogP contribution in [0.1, 0.15) is 35.2 Å². The zero-order chi connectivity index (χ0) is 19.0. The zero-order valence-electron chi connectivity index (χ0n) is 14.3. The number of amides is 1. The molecule has 0 aliphatic heterocycles. The van der Waals surface area contributed by atoms with Crippen LogP contribution in [0.2, 0.25) is 0 Å². The first kappa shape index (κ1) is 17.1. The number of fused-ring (bicyclic) bond motifs is 1. The number of rotatable bonds is 4. The van der Waals surface area contributed by atoms with Crippen LogP contribution < -0.4 is 16.6 Å². The Labute approximate surface area is 152 Å². The molecule has 0 saturated heterocycles. The number of hydrogen-bond acceptors (Lipinski definition) is 4. The molecule has 0 atom stereocenters. The van der Waals surface area contributed by atoms with E-state index in [-0.39, 0.29) is 33.7 Å². The monoisotopic (exact) mass is 368 g/mol. The van der Waals surface area contributed by atoms with Gasteiger partial charge in [0.25, 0.3) is 11.5 Å². The van der Waals surface area contributed by atoms with Crippen molar-refractivity contribution in [2.75, 3.05) is 6.54 Å². The summed E-state index contributed by atoms with van der Waals surface area (Å²) in [5, 5.41) is 3.03. The fourth-order valence-corrected chi connectivity index (χ4v) is 3.50. The van der Waals surface area contributed by atoms with E-state index in [1.54, 1.807) is 12.1 Å². The summed E-state index contributed by atoms with van der Waals surface area (Å²) in [6.45, 7) is 0.414. The van der Waals surface area contributed by atoms with Crippen LogP contribution >= 0.6 is 0 Å². The standard InChI is InChI=1S/C19H17FN4O3/c20-13-4-2-12(3-5-13)19(6-1-7-19)10-22-16(25)11-8-14-15(21-9-11)23-18(27)24-17(14)26/h2-5,8-9H,1,6-7,10H2,(H,22,25)(H2,21,23,24,26,27). The van der Waals surface area contributed by atoms with Crippen molar-refractivity contribution in [3.05, 3.63) is 74.3 Å². The number of H-pyrrole nitrogens is 2. The molecule has 1 fully saturated rings. The molecule has 1 aliphatic carbocycles. The summed E-state index contributed by atoms with van der Waals surface area (Å²) in [5.41, 5.74) is -0.0889. The molecule has 8 heteroatoms. The average molecular weight is 368 g/mol. The second-order valence-corrected chi connectivity index (χ2v) is 6.85. The van der Waals surface area contributed by atoms with Crippen molar-refractivity contribution in [1.82, 2.24) is 20.3 Å². The van der Waals surface area contributed by atoms with Crippen molar-refractivity contribution in [2.45, 2.75) is 24.7 Å². The number of benzene rings is 1. The lowest BCUT2D eigenvalue weighted by Crippen LogP contribution is -2.45. The van der Waals surface area contributed by atoms with E-state index in [0.29, 0.717) is 6.54 Å². The van der Waals surface area contributed by atoms with Gasteiger partial charge in [-0.1, -0.05) is 18.6 Å². The number of pyridine rings is 1. The van der Waals surface area contributed by atoms with Gasteiger partial charge in [0.15, 0.2) is 0 Å². The van der Waals surface area contributed by atoms with Gasteiger partial charge in [-0.15, -0.1) is 0 Å². The Morgan fingerprint density at radius 3 is 2.59 bits per heavy atom. The average Bonchev–Trinajstić information content (AvgIpc) is 2.61. The van der Waals surface area contributed by atoms with Crippen LogP contribution in [0, 0.1) is 5.82 Å². The van der Waals surface area contributed by atoms with Crippen LogP contribution in [0.4, 0.5) is 4.39 Å². The fourth-order valence-electron chi connectivity index (χ4n) is 3.50. The second-order valence-electron chi connectivity index (χ2n) is 6.85. The third kappa shape index (κ3) is 3.14. The number of aromatic nitrogens is 3. The molecule has 1 aromatic carbocycles. The molecular weight excluding hydrogens is 351 g/mol. The van der Waals surface area contributed by atoms with Gasteiger partial charge < -0.3 is 5.32 Å². The maximum absolute atomic E-state index is 13.2. The van der Waals surface area contributed by atoms with E-state index in [1.807, 2.05) is 0 Å². The highest BCUT2D eigenvalue weighted by Crippen LogP contribution is 2.43. The molecule has 4 rings (SSSR count). The van der Waals surface area contributed by atoms with Crippen molar-refractivity contribution in [3.8, 4) is 0 Å². The van der Waals surface area contributed by atoms with Crippen LogP contribution in [0.25, 0.3) is 11.0 Å². The molecule has 0 bridgehead atoms. The summed E-state index contributed by atoms with van der Waals surface area (Å²) < 4.78 is 13.2. The first-order chi connectivity index (χ1) is 13.0. The molecule has 1 amide bonds. The van der Waals surface area contributed by atoms with Crippen LogP contribution in [0.5, 0.6) is 0 Å². The first-order valence-corrected chi connectivity index (χ1v) is 8.63. The van der Waals surface area contributed by atoms with Gasteiger partial charge in [-0.25, -0.2) is 14.2 Å². The highest BCUT2D eigenvalue weighted by atomic mass is 19.1. The molecule has 0 unspecified atom stereocenters. The minimum atomic E-state index is -0.650. The van der Waals surface area contributed by atoms with E-state index in [0.717, 1.165) is 24.8 Å². The first-order valence-electron chi connectivity index (χ1n) is 8.63. The van der Waals surface area contributed by atoms with Crippen LogP contribution in [-0.4, -0.2) is 27.4 Å². The van der Waals surface area contributed by atoms with Gasteiger partial charge in [-0.3, -0.25) is 19.6 Å². The minimum Gasteiger partial charge on any atom is -0.351 e. The number of halogens is 1. The molecule has 1 aliphatic rings. The molecule has 2 aromatic heterocycles. The van der Waals surface area contributed by atoms with E-state index < -0.39 is 11.2 Å². The number of nitrogens with one attached hydrogen (secondary N) is 3. The van der Waals surface area contributed by atoms with Gasteiger partial charge in [-0.2, -0.15) is 0 Å². The Morgan fingerprint density at radius 1 is 1.19 bits per heavy atom. The normalized spacial score (nSPS) is 15.3. The number of carbonyl (C=O) groups is 1. The topological polar surface area (TPSA) is 108 Å². The molecule has 0 radical (unpaired) electrons. The molecule has 0 spiro atoms. The Kier molecular flexibility index (Phi) is 4.10. The Morgan fingerprint density at radius 2 is 1.93 bits per heavy atom.